The quantitative estimate of drug-likeness (QED) is 0.803. The lowest BCUT2D eigenvalue weighted by Crippen LogP contribution is -2.32. The van der Waals surface area contributed by atoms with Gasteiger partial charge in [-0.1, -0.05) is 17.7 Å². The van der Waals surface area contributed by atoms with E-state index in [-0.39, 0.29) is 12.8 Å². The fraction of sp³-hybridized carbons (Fsp3) is 0.235. The van der Waals surface area contributed by atoms with Crippen molar-refractivity contribution in [1.29, 1.82) is 0 Å². The normalized spacial score (nSPS) is 9.87. The second kappa shape index (κ2) is 7.93. The summed E-state index contributed by atoms with van der Waals surface area (Å²) in [7, 11) is 3.09. The van der Waals surface area contributed by atoms with Gasteiger partial charge in [-0.2, -0.15) is 0 Å². The van der Waals surface area contributed by atoms with Crippen molar-refractivity contribution in [2.75, 3.05) is 26.3 Å². The van der Waals surface area contributed by atoms with Gasteiger partial charge in [0.2, 0.25) is 0 Å². The van der Waals surface area contributed by atoms with Gasteiger partial charge in [0.25, 0.3) is 0 Å². The highest BCUT2D eigenvalue weighted by molar-refractivity contribution is 5.89. The number of rotatable bonds is 6. The topological polar surface area (TPSA) is 68.8 Å². The lowest BCUT2D eigenvalue weighted by Gasteiger charge is -2.12. The molecule has 0 bridgehead atoms. The third-order valence-electron chi connectivity index (χ3n) is 3.13. The summed E-state index contributed by atoms with van der Waals surface area (Å²) in [4.78, 5) is 11.8. The van der Waals surface area contributed by atoms with Crippen LogP contribution in [0.15, 0.2) is 42.5 Å². The molecule has 0 aliphatic rings. The number of benzene rings is 2. The van der Waals surface area contributed by atoms with Crippen LogP contribution >= 0.6 is 0 Å². The molecular formula is C17H20N2O4. The summed E-state index contributed by atoms with van der Waals surface area (Å²) < 4.78 is 15.8. The number of hydrogen-bond donors (Lipinski definition) is 2. The molecule has 2 aromatic rings. The maximum Gasteiger partial charge on any atom is 0.321 e. The van der Waals surface area contributed by atoms with E-state index in [0.717, 1.165) is 5.56 Å². The van der Waals surface area contributed by atoms with Crippen molar-refractivity contribution in [3.63, 3.8) is 0 Å². The van der Waals surface area contributed by atoms with Crippen molar-refractivity contribution in [3.8, 4) is 17.2 Å². The Hall–Kier alpha value is -2.89. The highest BCUT2D eigenvalue weighted by Gasteiger charge is 2.07. The number of methoxy groups -OCH3 is 2. The number of urea groups is 1. The van der Waals surface area contributed by atoms with Gasteiger partial charge in [-0.25, -0.2) is 4.79 Å². The number of anilines is 1. The fourth-order valence-corrected chi connectivity index (χ4v) is 1.91. The van der Waals surface area contributed by atoms with Crippen molar-refractivity contribution >= 4 is 11.7 Å². The minimum atomic E-state index is -0.371. The number of aryl methyl sites for hydroxylation is 1. The Labute approximate surface area is 135 Å². The summed E-state index contributed by atoms with van der Waals surface area (Å²) in [6.45, 7) is 2.07. The van der Waals surface area contributed by atoms with E-state index in [0.29, 0.717) is 22.9 Å². The SMILES string of the molecule is COc1ccc(NC(=O)NCOc2ccc(C)cc2)cc1OC. The van der Waals surface area contributed by atoms with Crippen LogP contribution in [-0.2, 0) is 0 Å². The molecule has 0 aliphatic carbocycles. The standard InChI is InChI=1S/C17H20N2O4/c1-12-4-7-14(8-5-12)23-11-18-17(20)19-13-6-9-15(21-2)16(10-13)22-3/h4-10H,11H2,1-3H3,(H2,18,19,20). The van der Waals surface area contributed by atoms with Crippen molar-refractivity contribution in [3.05, 3.63) is 48.0 Å². The van der Waals surface area contributed by atoms with Crippen molar-refractivity contribution in [1.82, 2.24) is 5.32 Å². The molecule has 0 spiro atoms. The lowest BCUT2D eigenvalue weighted by molar-refractivity contribution is 0.234. The Morgan fingerprint density at radius 1 is 1.00 bits per heavy atom. The van der Waals surface area contributed by atoms with Gasteiger partial charge in [0.15, 0.2) is 18.2 Å². The van der Waals surface area contributed by atoms with Crippen LogP contribution in [0.3, 0.4) is 0 Å². The Kier molecular flexibility index (Phi) is 5.68. The van der Waals surface area contributed by atoms with E-state index >= 15 is 0 Å². The average molecular weight is 316 g/mol. The fourth-order valence-electron chi connectivity index (χ4n) is 1.91. The number of nitrogens with one attached hydrogen (secondary N) is 2. The largest absolute Gasteiger partial charge is 0.493 e. The molecule has 2 aromatic carbocycles. The Morgan fingerprint density at radius 2 is 1.70 bits per heavy atom. The second-order valence-electron chi connectivity index (χ2n) is 4.80. The molecule has 0 saturated carbocycles. The van der Waals surface area contributed by atoms with Gasteiger partial charge in [0, 0.05) is 11.8 Å². The van der Waals surface area contributed by atoms with E-state index in [1.54, 1.807) is 25.3 Å². The Balaban J connectivity index is 1.83. The van der Waals surface area contributed by atoms with Gasteiger partial charge in [-0.3, -0.25) is 0 Å². The second-order valence-corrected chi connectivity index (χ2v) is 4.80. The molecule has 0 aliphatic heterocycles. The summed E-state index contributed by atoms with van der Waals surface area (Å²) in [6.07, 6.45) is 0. The molecule has 6 nitrogen and oxygen atoms in total. The van der Waals surface area contributed by atoms with Crippen LogP contribution in [-0.4, -0.2) is 27.0 Å². The first-order valence-electron chi connectivity index (χ1n) is 7.08. The molecule has 2 rings (SSSR count). The first-order chi connectivity index (χ1) is 11.1. The summed E-state index contributed by atoms with van der Waals surface area (Å²) >= 11 is 0. The zero-order valence-corrected chi connectivity index (χ0v) is 13.4. The zero-order valence-electron chi connectivity index (χ0n) is 13.4. The van der Waals surface area contributed by atoms with Crippen molar-refractivity contribution < 1.29 is 19.0 Å². The van der Waals surface area contributed by atoms with Gasteiger partial charge >= 0.3 is 6.03 Å². The smallest absolute Gasteiger partial charge is 0.321 e. The van der Waals surface area contributed by atoms with Gasteiger partial charge in [-0.05, 0) is 31.2 Å². The maximum absolute atomic E-state index is 11.8. The molecule has 0 fully saturated rings. The summed E-state index contributed by atoms with van der Waals surface area (Å²) in [5, 5.41) is 5.31. The van der Waals surface area contributed by atoms with Gasteiger partial charge in [-0.15, -0.1) is 0 Å². The molecule has 122 valence electrons. The van der Waals surface area contributed by atoms with E-state index < -0.39 is 0 Å². The third kappa shape index (κ3) is 4.81. The summed E-state index contributed by atoms with van der Waals surface area (Å²) in [5.41, 5.74) is 1.74. The number of carbonyl (C=O) groups excluding carboxylic acids is 1. The molecule has 6 heteroatoms. The highest BCUT2D eigenvalue weighted by atomic mass is 16.5. The number of carbonyl (C=O) groups is 1. The number of hydrogen-bond acceptors (Lipinski definition) is 4. The van der Waals surface area contributed by atoms with Gasteiger partial charge in [0.1, 0.15) is 5.75 Å². The summed E-state index contributed by atoms with van der Waals surface area (Å²) in [6, 6.07) is 12.3. The molecule has 2 N–H and O–H groups in total. The van der Waals surface area contributed by atoms with E-state index in [4.69, 9.17) is 14.2 Å². The predicted octanol–water partition coefficient (Wildman–Crippen LogP) is 3.17. The Bertz CT molecular complexity index is 656. The minimum Gasteiger partial charge on any atom is -0.493 e. The van der Waals surface area contributed by atoms with Crippen molar-refractivity contribution in [2.45, 2.75) is 6.92 Å². The van der Waals surface area contributed by atoms with E-state index in [9.17, 15) is 4.79 Å². The van der Waals surface area contributed by atoms with Crippen LogP contribution in [0.25, 0.3) is 0 Å². The van der Waals surface area contributed by atoms with E-state index in [2.05, 4.69) is 10.6 Å². The van der Waals surface area contributed by atoms with Gasteiger partial charge in [0.05, 0.1) is 14.2 Å². The molecular weight excluding hydrogens is 296 g/mol. The van der Waals surface area contributed by atoms with Crippen molar-refractivity contribution in [2.24, 2.45) is 0 Å². The zero-order chi connectivity index (χ0) is 16.7. The van der Waals surface area contributed by atoms with Crippen LogP contribution in [0.1, 0.15) is 5.56 Å². The third-order valence-corrected chi connectivity index (χ3v) is 3.13. The molecule has 0 atom stereocenters. The number of ether oxygens (including phenoxy) is 3. The predicted molar refractivity (Wildman–Crippen MR) is 88.4 cm³/mol. The van der Waals surface area contributed by atoms with E-state index in [1.165, 1.54) is 7.11 Å². The molecule has 0 unspecified atom stereocenters. The highest BCUT2D eigenvalue weighted by Crippen LogP contribution is 2.29. The van der Waals surface area contributed by atoms with Crippen LogP contribution in [0, 0.1) is 6.92 Å². The first-order valence-corrected chi connectivity index (χ1v) is 7.08. The maximum atomic E-state index is 11.8. The summed E-state index contributed by atoms with van der Waals surface area (Å²) in [5.74, 6) is 1.84. The van der Waals surface area contributed by atoms with E-state index in [1.807, 2.05) is 31.2 Å². The molecule has 0 heterocycles. The first kappa shape index (κ1) is 16.5. The monoisotopic (exact) mass is 316 g/mol. The van der Waals surface area contributed by atoms with Crippen LogP contribution in [0.4, 0.5) is 10.5 Å². The number of amides is 2. The lowest BCUT2D eigenvalue weighted by atomic mass is 10.2. The molecule has 0 aromatic heterocycles. The average Bonchev–Trinajstić information content (AvgIpc) is 2.56. The van der Waals surface area contributed by atoms with Crippen LogP contribution in [0.2, 0.25) is 0 Å². The molecule has 0 radical (unpaired) electrons. The van der Waals surface area contributed by atoms with Crippen LogP contribution in [0.5, 0.6) is 17.2 Å². The van der Waals surface area contributed by atoms with Crippen LogP contribution < -0.4 is 24.8 Å². The van der Waals surface area contributed by atoms with Gasteiger partial charge < -0.3 is 24.8 Å². The molecule has 23 heavy (non-hydrogen) atoms. The minimum absolute atomic E-state index is 0.0716. The molecule has 0 saturated heterocycles. The Morgan fingerprint density at radius 3 is 2.35 bits per heavy atom. The molecule has 2 amide bonds.